The van der Waals surface area contributed by atoms with Gasteiger partial charge in [-0.05, 0) is 82.7 Å². The fraction of sp³-hybridized carbons (Fsp3) is 0.143. The Morgan fingerprint density at radius 1 is 1.16 bits per heavy atom. The predicted octanol–water partition coefficient (Wildman–Crippen LogP) is 5.73. The van der Waals surface area contributed by atoms with Gasteiger partial charge in [-0.2, -0.15) is 5.26 Å². The smallest absolute Gasteiger partial charge is 0.294 e. The number of rotatable bonds is 8. The molecule has 1 heterocycles. The Kier molecular flexibility index (Phi) is 8.70. The number of hydrogen-bond acceptors (Lipinski definition) is 7. The number of nitriles is 1. The lowest BCUT2D eigenvalue weighted by molar-refractivity contribution is -0.127. The van der Waals surface area contributed by atoms with Crippen molar-refractivity contribution in [2.24, 2.45) is 0 Å². The van der Waals surface area contributed by atoms with E-state index in [1.165, 1.54) is 7.11 Å². The van der Waals surface area contributed by atoms with Crippen LogP contribution in [0.15, 0.2) is 65.6 Å². The quantitative estimate of drug-likeness (QED) is 0.248. The molecule has 0 atom stereocenters. The van der Waals surface area contributed by atoms with E-state index >= 15 is 0 Å². The standard InChI is InChI=1S/C28H22IN3O5S/c1-17-7-3-6-10-22(17)31-25(33)15-32-27(34)24(38-28(32)35)13-18-11-21(29)26(23(12-18)36-2)37-16-20-9-5-4-8-19(20)14-30/h3-13H,15-16H2,1-2H3,(H,31,33)/b24-13+. The normalized spacial score (nSPS) is 13.9. The molecule has 1 saturated heterocycles. The molecule has 4 rings (SSSR count). The SMILES string of the molecule is COc1cc(/C=C2/SC(=O)N(CC(=O)Nc3ccccc3C)C2=O)cc(I)c1OCc1ccccc1C#N. The number of aryl methyl sites for hydroxylation is 1. The summed E-state index contributed by atoms with van der Waals surface area (Å²) in [4.78, 5) is 39.1. The molecule has 1 N–H and O–H groups in total. The molecule has 3 aromatic rings. The van der Waals surface area contributed by atoms with E-state index in [1.54, 1.807) is 42.5 Å². The van der Waals surface area contributed by atoms with E-state index in [4.69, 9.17) is 9.47 Å². The number of carbonyl (C=O) groups excluding carboxylic acids is 3. The van der Waals surface area contributed by atoms with Gasteiger partial charge < -0.3 is 14.8 Å². The second-order valence-electron chi connectivity index (χ2n) is 8.22. The van der Waals surface area contributed by atoms with Crippen molar-refractivity contribution in [3.63, 3.8) is 0 Å². The Morgan fingerprint density at radius 2 is 1.89 bits per heavy atom. The number of imide groups is 1. The first-order chi connectivity index (χ1) is 18.3. The van der Waals surface area contributed by atoms with Crippen molar-refractivity contribution in [1.29, 1.82) is 5.26 Å². The molecule has 1 aliphatic heterocycles. The van der Waals surface area contributed by atoms with Gasteiger partial charge in [-0.25, -0.2) is 0 Å². The van der Waals surface area contributed by atoms with Crippen molar-refractivity contribution in [3.8, 4) is 17.6 Å². The average Bonchev–Trinajstić information content (AvgIpc) is 3.16. The summed E-state index contributed by atoms with van der Waals surface area (Å²) in [6.07, 6.45) is 1.59. The van der Waals surface area contributed by atoms with Crippen molar-refractivity contribution >= 4 is 63.2 Å². The number of nitrogens with zero attached hydrogens (tertiary/aromatic N) is 2. The molecule has 1 fully saturated rings. The van der Waals surface area contributed by atoms with Gasteiger partial charge in [-0.3, -0.25) is 19.3 Å². The number of thioether (sulfide) groups is 1. The number of carbonyl (C=O) groups is 3. The maximum Gasteiger partial charge on any atom is 0.294 e. The molecular weight excluding hydrogens is 617 g/mol. The minimum Gasteiger partial charge on any atom is -0.493 e. The number of anilines is 1. The number of halogens is 1. The number of nitrogens with one attached hydrogen (secondary N) is 1. The topological polar surface area (TPSA) is 109 Å². The maximum atomic E-state index is 13.0. The van der Waals surface area contributed by atoms with Crippen molar-refractivity contribution in [1.82, 2.24) is 4.90 Å². The van der Waals surface area contributed by atoms with E-state index < -0.39 is 17.1 Å². The van der Waals surface area contributed by atoms with Crippen LogP contribution in [-0.4, -0.2) is 35.6 Å². The van der Waals surface area contributed by atoms with E-state index in [1.807, 2.05) is 31.2 Å². The molecule has 0 spiro atoms. The number of benzene rings is 3. The van der Waals surface area contributed by atoms with Crippen LogP contribution < -0.4 is 14.8 Å². The van der Waals surface area contributed by atoms with E-state index in [9.17, 15) is 19.6 Å². The summed E-state index contributed by atoms with van der Waals surface area (Å²) in [5, 5.41) is 11.5. The molecule has 0 saturated carbocycles. The highest BCUT2D eigenvalue weighted by Crippen LogP contribution is 2.37. The molecule has 0 bridgehead atoms. The van der Waals surface area contributed by atoms with Crippen LogP contribution in [0.2, 0.25) is 0 Å². The lowest BCUT2D eigenvalue weighted by Crippen LogP contribution is -2.36. The lowest BCUT2D eigenvalue weighted by atomic mass is 10.1. The molecule has 192 valence electrons. The summed E-state index contributed by atoms with van der Waals surface area (Å²) in [5.74, 6) is -0.0608. The first kappa shape index (κ1) is 27.2. The second kappa shape index (κ2) is 12.1. The maximum absolute atomic E-state index is 13.0. The molecule has 1 aliphatic rings. The van der Waals surface area contributed by atoms with Crippen molar-refractivity contribution in [3.05, 3.63) is 91.4 Å². The molecule has 3 amide bonds. The van der Waals surface area contributed by atoms with Gasteiger partial charge >= 0.3 is 0 Å². The third-order valence-electron chi connectivity index (χ3n) is 5.65. The highest BCUT2D eigenvalue weighted by molar-refractivity contribution is 14.1. The highest BCUT2D eigenvalue weighted by atomic mass is 127. The Bertz CT molecular complexity index is 1500. The summed E-state index contributed by atoms with van der Waals surface area (Å²) >= 11 is 2.88. The van der Waals surface area contributed by atoms with Gasteiger partial charge in [-0.1, -0.05) is 36.4 Å². The molecule has 3 aromatic carbocycles. The molecule has 8 nitrogen and oxygen atoms in total. The van der Waals surface area contributed by atoms with Crippen LogP contribution in [0.4, 0.5) is 10.5 Å². The summed E-state index contributed by atoms with van der Waals surface area (Å²) in [6.45, 7) is 1.66. The molecule has 0 aliphatic carbocycles. The van der Waals surface area contributed by atoms with Crippen LogP contribution >= 0.6 is 34.4 Å². The summed E-state index contributed by atoms with van der Waals surface area (Å²) in [5.41, 5.74) is 3.41. The molecule has 0 aromatic heterocycles. The monoisotopic (exact) mass is 639 g/mol. The van der Waals surface area contributed by atoms with Crippen LogP contribution in [0.1, 0.15) is 22.3 Å². The summed E-state index contributed by atoms with van der Waals surface area (Å²) in [7, 11) is 1.51. The van der Waals surface area contributed by atoms with Crippen LogP contribution in [0.25, 0.3) is 6.08 Å². The van der Waals surface area contributed by atoms with E-state index in [0.717, 1.165) is 31.4 Å². The largest absolute Gasteiger partial charge is 0.493 e. The Hall–Kier alpha value is -3.82. The van der Waals surface area contributed by atoms with Crippen molar-refractivity contribution in [2.45, 2.75) is 13.5 Å². The first-order valence-electron chi connectivity index (χ1n) is 11.4. The minimum absolute atomic E-state index is 0.179. The number of hydrogen-bond donors (Lipinski definition) is 1. The molecular formula is C28H22IN3O5S. The van der Waals surface area contributed by atoms with Crippen LogP contribution in [-0.2, 0) is 16.2 Å². The van der Waals surface area contributed by atoms with E-state index in [-0.39, 0.29) is 18.1 Å². The van der Waals surface area contributed by atoms with Crippen molar-refractivity contribution < 1.29 is 23.9 Å². The lowest BCUT2D eigenvalue weighted by Gasteiger charge is -2.14. The Balaban J connectivity index is 1.49. The number of methoxy groups -OCH3 is 1. The van der Waals surface area contributed by atoms with Crippen LogP contribution in [0.3, 0.4) is 0 Å². The number of amides is 3. The van der Waals surface area contributed by atoms with Gasteiger partial charge in [0, 0.05) is 11.3 Å². The fourth-order valence-corrected chi connectivity index (χ4v) is 5.32. The predicted molar refractivity (Wildman–Crippen MR) is 154 cm³/mol. The zero-order valence-corrected chi connectivity index (χ0v) is 23.5. The van der Waals surface area contributed by atoms with Gasteiger partial charge in [0.25, 0.3) is 11.1 Å². The summed E-state index contributed by atoms with van der Waals surface area (Å²) < 4.78 is 12.2. The van der Waals surface area contributed by atoms with Gasteiger partial charge in [0.05, 0.1) is 27.2 Å². The summed E-state index contributed by atoms with van der Waals surface area (Å²) in [6, 6.07) is 20.1. The zero-order chi connectivity index (χ0) is 27.2. The minimum atomic E-state index is -0.539. The molecule has 10 heteroatoms. The average molecular weight is 639 g/mol. The molecule has 38 heavy (non-hydrogen) atoms. The number of ether oxygens (including phenoxy) is 2. The highest BCUT2D eigenvalue weighted by Gasteiger charge is 2.36. The molecule has 0 radical (unpaired) electrons. The van der Waals surface area contributed by atoms with Gasteiger partial charge in [-0.15, -0.1) is 0 Å². The third kappa shape index (κ3) is 6.17. The second-order valence-corrected chi connectivity index (χ2v) is 10.4. The van der Waals surface area contributed by atoms with Crippen LogP contribution in [0.5, 0.6) is 11.5 Å². The van der Waals surface area contributed by atoms with Gasteiger partial charge in [0.1, 0.15) is 13.2 Å². The molecule has 0 unspecified atom stereocenters. The Morgan fingerprint density at radius 3 is 2.63 bits per heavy atom. The van der Waals surface area contributed by atoms with Gasteiger partial charge in [0.2, 0.25) is 5.91 Å². The third-order valence-corrected chi connectivity index (χ3v) is 7.36. The van der Waals surface area contributed by atoms with E-state index in [0.29, 0.717) is 28.3 Å². The van der Waals surface area contributed by atoms with Crippen molar-refractivity contribution in [2.75, 3.05) is 19.0 Å². The van der Waals surface area contributed by atoms with Gasteiger partial charge in [0.15, 0.2) is 11.5 Å². The van der Waals surface area contributed by atoms with E-state index in [2.05, 4.69) is 34.0 Å². The zero-order valence-electron chi connectivity index (χ0n) is 20.5. The number of para-hydroxylation sites is 1. The fourth-order valence-electron chi connectivity index (χ4n) is 3.70. The Labute approximate surface area is 237 Å². The van der Waals surface area contributed by atoms with Crippen LogP contribution in [0, 0.1) is 21.8 Å². The first-order valence-corrected chi connectivity index (χ1v) is 13.3.